The number of nitrogens with zero attached hydrogens (tertiary/aromatic N) is 7. The number of halogens is 2. The van der Waals surface area contributed by atoms with E-state index in [0.717, 1.165) is 43.0 Å². The minimum absolute atomic E-state index is 0.371. The molecule has 3 aliphatic rings. The topological polar surface area (TPSA) is 103 Å². The van der Waals surface area contributed by atoms with E-state index in [0.29, 0.717) is 40.2 Å². The van der Waals surface area contributed by atoms with Gasteiger partial charge in [0.2, 0.25) is 5.88 Å². The Kier molecular flexibility index (Phi) is 7.00. The lowest BCUT2D eigenvalue weighted by molar-refractivity contribution is -0.00876. The van der Waals surface area contributed by atoms with Crippen LogP contribution in [0.25, 0.3) is 16.6 Å². The van der Waals surface area contributed by atoms with E-state index < -0.39 is 19.0 Å². The third-order valence-corrected chi connectivity index (χ3v) is 7.71. The van der Waals surface area contributed by atoms with Crippen molar-refractivity contribution in [1.29, 1.82) is 5.26 Å². The minimum Gasteiger partial charge on any atom is -0.481 e. The first kappa shape index (κ1) is 26.6. The summed E-state index contributed by atoms with van der Waals surface area (Å²) in [5, 5.41) is 23.8. The summed E-state index contributed by atoms with van der Waals surface area (Å²) in [7, 11) is 1.61. The van der Waals surface area contributed by atoms with Gasteiger partial charge in [0, 0.05) is 73.1 Å². The Bertz CT molecular complexity index is 1660. The second-order valence-electron chi connectivity index (χ2n) is 10.4. The molecule has 2 atom stereocenters. The molecule has 7 heterocycles. The van der Waals surface area contributed by atoms with Gasteiger partial charge in [0.15, 0.2) is 5.60 Å². The lowest BCUT2D eigenvalue weighted by atomic mass is 9.87. The molecule has 2 bridgehead atoms. The summed E-state index contributed by atoms with van der Waals surface area (Å²) in [5.41, 5.74) is 1.50. The fourth-order valence-corrected chi connectivity index (χ4v) is 5.48. The predicted molar refractivity (Wildman–Crippen MR) is 148 cm³/mol. The SMILES string of the molecule is COc1ccc(CN2C3CC2CN(c2ccc(-c4cc(C#CC(O)(CF)CF)cn5ncc(C#N)c45)cn2)C3)cn1. The quantitative estimate of drug-likeness (QED) is 0.347. The first-order valence-corrected chi connectivity index (χ1v) is 13.2. The molecule has 3 saturated heterocycles. The molecule has 11 heteroatoms. The summed E-state index contributed by atoms with van der Waals surface area (Å²) in [4.78, 5) is 13.9. The second-order valence-corrected chi connectivity index (χ2v) is 10.4. The van der Waals surface area contributed by atoms with Crippen molar-refractivity contribution in [1.82, 2.24) is 24.5 Å². The van der Waals surface area contributed by atoms with Crippen LogP contribution in [0, 0.1) is 23.2 Å². The van der Waals surface area contributed by atoms with E-state index in [9.17, 15) is 19.1 Å². The molecule has 0 amide bonds. The van der Waals surface area contributed by atoms with Gasteiger partial charge in [0.05, 0.1) is 24.4 Å². The summed E-state index contributed by atoms with van der Waals surface area (Å²) in [6.07, 6.45) is 7.77. The molecule has 208 valence electrons. The number of hydrogen-bond acceptors (Lipinski definition) is 8. The van der Waals surface area contributed by atoms with Crippen LogP contribution in [0.4, 0.5) is 14.6 Å². The highest BCUT2D eigenvalue weighted by Gasteiger charge is 2.44. The molecule has 4 aromatic heterocycles. The largest absolute Gasteiger partial charge is 0.481 e. The van der Waals surface area contributed by atoms with Crippen LogP contribution in [-0.4, -0.2) is 80.8 Å². The maximum atomic E-state index is 13.1. The van der Waals surface area contributed by atoms with Gasteiger partial charge < -0.3 is 14.7 Å². The Morgan fingerprint density at radius 1 is 1.10 bits per heavy atom. The zero-order valence-electron chi connectivity index (χ0n) is 22.3. The number of methoxy groups -OCH3 is 1. The molecule has 0 spiro atoms. The number of pyridine rings is 3. The van der Waals surface area contributed by atoms with Crippen molar-refractivity contribution in [3.63, 3.8) is 0 Å². The monoisotopic (exact) mass is 555 g/mol. The third-order valence-electron chi connectivity index (χ3n) is 7.71. The fraction of sp³-hybridized carbons (Fsp3) is 0.333. The minimum atomic E-state index is -2.36. The van der Waals surface area contributed by atoms with Gasteiger partial charge in [-0.1, -0.05) is 17.9 Å². The van der Waals surface area contributed by atoms with Crippen LogP contribution in [0.15, 0.2) is 55.1 Å². The van der Waals surface area contributed by atoms with E-state index in [1.54, 1.807) is 25.6 Å². The smallest absolute Gasteiger partial charge is 0.212 e. The summed E-state index contributed by atoms with van der Waals surface area (Å²) in [6.45, 7) is -0.0651. The van der Waals surface area contributed by atoms with Gasteiger partial charge in [0.25, 0.3) is 0 Å². The number of piperidine rings is 1. The number of aliphatic hydroxyl groups is 1. The van der Waals surface area contributed by atoms with Crippen molar-refractivity contribution in [2.75, 3.05) is 38.4 Å². The van der Waals surface area contributed by atoms with Gasteiger partial charge in [-0.25, -0.2) is 23.3 Å². The molecule has 0 aromatic carbocycles. The molecule has 0 saturated carbocycles. The Labute approximate surface area is 235 Å². The van der Waals surface area contributed by atoms with E-state index in [1.165, 1.54) is 10.7 Å². The average Bonchev–Trinajstić information content (AvgIpc) is 3.45. The maximum Gasteiger partial charge on any atom is 0.212 e. The molecular weight excluding hydrogens is 528 g/mol. The normalized spacial score (nSPS) is 18.4. The summed E-state index contributed by atoms with van der Waals surface area (Å²) < 4.78 is 32.8. The molecular formula is C30H27F2N7O2. The molecule has 0 radical (unpaired) electrons. The Morgan fingerprint density at radius 3 is 2.54 bits per heavy atom. The molecule has 7 rings (SSSR count). The van der Waals surface area contributed by atoms with Gasteiger partial charge in [-0.15, -0.1) is 0 Å². The number of piperazine rings is 1. The van der Waals surface area contributed by atoms with Crippen molar-refractivity contribution < 1.29 is 18.6 Å². The number of anilines is 1. The van der Waals surface area contributed by atoms with E-state index in [4.69, 9.17) is 9.72 Å². The van der Waals surface area contributed by atoms with Crippen molar-refractivity contribution in [3.8, 4) is 34.9 Å². The van der Waals surface area contributed by atoms with Crippen molar-refractivity contribution in [2.45, 2.75) is 30.7 Å². The maximum absolute atomic E-state index is 13.1. The molecule has 3 fully saturated rings. The molecule has 9 nitrogen and oxygen atoms in total. The van der Waals surface area contributed by atoms with Gasteiger partial charge >= 0.3 is 0 Å². The van der Waals surface area contributed by atoms with Crippen molar-refractivity contribution in [3.05, 3.63) is 71.8 Å². The van der Waals surface area contributed by atoms with E-state index in [1.807, 2.05) is 24.4 Å². The molecule has 4 aromatic rings. The fourth-order valence-electron chi connectivity index (χ4n) is 5.48. The molecule has 3 aliphatic heterocycles. The van der Waals surface area contributed by atoms with Crippen molar-refractivity contribution >= 4 is 11.3 Å². The zero-order valence-corrected chi connectivity index (χ0v) is 22.3. The van der Waals surface area contributed by atoms with E-state index in [2.05, 4.69) is 43.9 Å². The van der Waals surface area contributed by atoms with Crippen LogP contribution in [0.1, 0.15) is 23.1 Å². The number of nitriles is 1. The highest BCUT2D eigenvalue weighted by atomic mass is 19.1. The predicted octanol–water partition coefficient (Wildman–Crippen LogP) is 3.16. The summed E-state index contributed by atoms with van der Waals surface area (Å²) in [5.74, 6) is 6.40. The van der Waals surface area contributed by atoms with E-state index >= 15 is 0 Å². The summed E-state index contributed by atoms with van der Waals surface area (Å²) >= 11 is 0. The number of hydrogen-bond donors (Lipinski definition) is 1. The Hall–Kier alpha value is -4.58. The second kappa shape index (κ2) is 10.8. The zero-order chi connectivity index (χ0) is 28.6. The van der Waals surface area contributed by atoms with Crippen LogP contribution < -0.4 is 9.64 Å². The molecule has 0 aliphatic carbocycles. The standard InChI is InChI=1S/C30H27F2N7O2/c1-41-28-5-2-21(11-35-28)14-38-24-9-25(38)17-37(16-24)27-4-3-22(12-34-27)26-8-20(6-7-30(40,18-31)19-32)15-39-29(26)23(10-33)13-36-39/h2-5,8,11-13,15,24-25,40H,9,14,16-19H2,1H3. The lowest BCUT2D eigenvalue weighted by Crippen LogP contribution is -2.68. The number of ether oxygens (including phenoxy) is 1. The van der Waals surface area contributed by atoms with Gasteiger partial charge in [-0.3, -0.25) is 4.90 Å². The average molecular weight is 556 g/mol. The van der Waals surface area contributed by atoms with Gasteiger partial charge in [0.1, 0.15) is 25.2 Å². The van der Waals surface area contributed by atoms with Crippen LogP contribution in [0.5, 0.6) is 5.88 Å². The molecule has 41 heavy (non-hydrogen) atoms. The number of aromatic nitrogens is 4. The first-order chi connectivity index (χ1) is 19.9. The Balaban J connectivity index is 1.22. The molecule has 1 N–H and O–H groups in total. The lowest BCUT2D eigenvalue weighted by Gasteiger charge is -2.56. The number of alkyl halides is 2. The van der Waals surface area contributed by atoms with Crippen LogP contribution in [-0.2, 0) is 6.54 Å². The molecule has 2 unspecified atom stereocenters. The third kappa shape index (κ3) is 5.06. The number of rotatable bonds is 7. The summed E-state index contributed by atoms with van der Waals surface area (Å²) in [6, 6.07) is 12.6. The van der Waals surface area contributed by atoms with Crippen LogP contribution >= 0.6 is 0 Å². The van der Waals surface area contributed by atoms with Crippen molar-refractivity contribution in [2.24, 2.45) is 0 Å². The highest BCUT2D eigenvalue weighted by molar-refractivity contribution is 5.85. The highest BCUT2D eigenvalue weighted by Crippen LogP contribution is 2.36. The van der Waals surface area contributed by atoms with Crippen LogP contribution in [0.2, 0.25) is 0 Å². The van der Waals surface area contributed by atoms with E-state index in [-0.39, 0.29) is 0 Å². The number of fused-ring (bicyclic) bond motifs is 3. The van der Waals surface area contributed by atoms with Gasteiger partial charge in [-0.05, 0) is 30.2 Å². The van der Waals surface area contributed by atoms with Gasteiger partial charge in [-0.2, -0.15) is 10.4 Å². The Morgan fingerprint density at radius 2 is 1.90 bits per heavy atom. The van der Waals surface area contributed by atoms with Crippen LogP contribution in [0.3, 0.4) is 0 Å². The first-order valence-electron chi connectivity index (χ1n) is 13.2.